The average Bonchev–Trinajstić information content (AvgIpc) is 2.37. The van der Waals surface area contributed by atoms with E-state index >= 15 is 0 Å². The van der Waals surface area contributed by atoms with Gasteiger partial charge in [0.1, 0.15) is 0 Å². The zero-order chi connectivity index (χ0) is 15.7. The summed E-state index contributed by atoms with van der Waals surface area (Å²) in [6.45, 7) is 1.14. The largest absolute Gasteiger partial charge is 0.334 e. The minimum atomic E-state index is -3.25. The molecule has 0 spiro atoms. The smallest absolute Gasteiger partial charge is 0.317 e. The van der Waals surface area contributed by atoms with Gasteiger partial charge in [0.25, 0.3) is 0 Å². The molecule has 1 unspecified atom stereocenters. The number of nitrogens with one attached hydrogen (secondary N) is 1. The van der Waals surface area contributed by atoms with Crippen LogP contribution in [-0.2, 0) is 19.9 Å². The van der Waals surface area contributed by atoms with E-state index in [1.54, 1.807) is 0 Å². The first kappa shape index (κ1) is 16.5. The first-order valence-corrected chi connectivity index (χ1v) is 10.6. The lowest BCUT2D eigenvalue weighted by atomic mass is 10.1. The van der Waals surface area contributed by atoms with Crippen LogP contribution in [0.1, 0.15) is 12.8 Å². The number of nitrogens with zero attached hydrogens (tertiary/aromatic N) is 2. The van der Waals surface area contributed by atoms with Gasteiger partial charge in [-0.05, 0) is 12.8 Å². The van der Waals surface area contributed by atoms with Gasteiger partial charge in [0.2, 0.25) is 10.0 Å². The number of amides is 2. The summed E-state index contributed by atoms with van der Waals surface area (Å²) in [6.07, 6.45) is 2.59. The fourth-order valence-corrected chi connectivity index (χ4v) is 4.66. The fraction of sp³-hybridized carbons (Fsp3) is 0.909. The topological polar surface area (TPSA) is 104 Å². The first-order chi connectivity index (χ1) is 9.67. The number of hydrogen-bond donors (Lipinski definition) is 1. The van der Waals surface area contributed by atoms with Crippen LogP contribution in [0.4, 0.5) is 4.79 Å². The maximum atomic E-state index is 12.1. The molecule has 2 aliphatic heterocycles. The molecule has 0 aliphatic carbocycles. The number of hydrogen-bond acceptors (Lipinski definition) is 5. The van der Waals surface area contributed by atoms with Gasteiger partial charge in [-0.1, -0.05) is 0 Å². The van der Waals surface area contributed by atoms with Crippen molar-refractivity contribution in [1.29, 1.82) is 0 Å². The van der Waals surface area contributed by atoms with Crippen molar-refractivity contribution in [2.45, 2.75) is 18.9 Å². The van der Waals surface area contributed by atoms with Crippen molar-refractivity contribution in [3.05, 3.63) is 0 Å². The van der Waals surface area contributed by atoms with E-state index in [9.17, 15) is 21.6 Å². The van der Waals surface area contributed by atoms with Crippen LogP contribution in [-0.4, -0.2) is 82.1 Å². The Labute approximate surface area is 125 Å². The van der Waals surface area contributed by atoms with E-state index in [1.807, 2.05) is 0 Å². The standard InChI is InChI=1S/C11H21N3O5S2/c1-20(16,17)14-4-2-3-10(9-14)12-11(15)13-5-7-21(18,19)8-6-13/h10H,2-9H2,1H3,(H,12,15). The van der Waals surface area contributed by atoms with Crippen LogP contribution < -0.4 is 5.32 Å². The summed E-state index contributed by atoms with van der Waals surface area (Å²) in [4.78, 5) is 13.6. The van der Waals surface area contributed by atoms with Gasteiger partial charge in [-0.25, -0.2) is 25.9 Å². The second kappa shape index (κ2) is 6.09. The minimum Gasteiger partial charge on any atom is -0.334 e. The van der Waals surface area contributed by atoms with Crippen molar-refractivity contribution >= 4 is 25.9 Å². The van der Waals surface area contributed by atoms with Crippen LogP contribution in [0, 0.1) is 0 Å². The number of sulfone groups is 1. The highest BCUT2D eigenvalue weighted by Gasteiger charge is 2.30. The van der Waals surface area contributed by atoms with Crippen LogP contribution >= 0.6 is 0 Å². The molecule has 21 heavy (non-hydrogen) atoms. The number of rotatable bonds is 2. The Morgan fingerprint density at radius 3 is 2.38 bits per heavy atom. The van der Waals surface area contributed by atoms with Gasteiger partial charge < -0.3 is 10.2 Å². The summed E-state index contributed by atoms with van der Waals surface area (Å²) >= 11 is 0. The van der Waals surface area contributed by atoms with Crippen LogP contribution in [0.15, 0.2) is 0 Å². The molecular formula is C11H21N3O5S2. The van der Waals surface area contributed by atoms with Gasteiger partial charge in [0.15, 0.2) is 9.84 Å². The maximum Gasteiger partial charge on any atom is 0.317 e. The molecule has 1 N–H and O–H groups in total. The Morgan fingerprint density at radius 1 is 1.19 bits per heavy atom. The Morgan fingerprint density at radius 2 is 1.81 bits per heavy atom. The van der Waals surface area contributed by atoms with E-state index in [4.69, 9.17) is 0 Å². The van der Waals surface area contributed by atoms with E-state index in [0.29, 0.717) is 13.0 Å². The third-order valence-electron chi connectivity index (χ3n) is 3.81. The highest BCUT2D eigenvalue weighted by molar-refractivity contribution is 7.91. The molecule has 0 bridgehead atoms. The molecule has 0 saturated carbocycles. The third-order valence-corrected chi connectivity index (χ3v) is 6.69. The summed E-state index contributed by atoms with van der Waals surface area (Å²) in [6, 6.07) is -0.537. The SMILES string of the molecule is CS(=O)(=O)N1CCCC(NC(=O)N2CCS(=O)(=O)CC2)C1. The summed E-state index contributed by atoms with van der Waals surface area (Å²) in [7, 11) is -6.27. The zero-order valence-electron chi connectivity index (χ0n) is 12.0. The zero-order valence-corrected chi connectivity index (χ0v) is 13.6. The number of urea groups is 1. The number of carbonyl (C=O) groups is 1. The van der Waals surface area contributed by atoms with Crippen LogP contribution in [0.5, 0.6) is 0 Å². The van der Waals surface area contributed by atoms with Gasteiger partial charge in [-0.2, -0.15) is 0 Å². The second-order valence-corrected chi connectivity index (χ2v) is 9.83. The lowest BCUT2D eigenvalue weighted by molar-refractivity contribution is 0.190. The molecule has 0 aromatic carbocycles. The third kappa shape index (κ3) is 4.55. The van der Waals surface area contributed by atoms with Crippen LogP contribution in [0.25, 0.3) is 0 Å². The van der Waals surface area contributed by atoms with Gasteiger partial charge >= 0.3 is 6.03 Å². The van der Waals surface area contributed by atoms with E-state index in [-0.39, 0.29) is 43.2 Å². The molecule has 0 aromatic heterocycles. The second-order valence-electron chi connectivity index (χ2n) is 5.55. The van der Waals surface area contributed by atoms with Crippen molar-refractivity contribution in [3.8, 4) is 0 Å². The van der Waals surface area contributed by atoms with Crippen molar-refractivity contribution in [2.75, 3.05) is 43.9 Å². The predicted octanol–water partition coefficient (Wildman–Crippen LogP) is -1.15. The number of carbonyl (C=O) groups excluding carboxylic acids is 1. The van der Waals surface area contributed by atoms with Crippen molar-refractivity contribution in [1.82, 2.24) is 14.5 Å². The van der Waals surface area contributed by atoms with Crippen LogP contribution in [0.3, 0.4) is 0 Å². The molecule has 8 nitrogen and oxygen atoms in total. The molecule has 10 heteroatoms. The molecule has 2 heterocycles. The molecule has 0 aromatic rings. The Bertz CT molecular complexity index is 587. The maximum absolute atomic E-state index is 12.1. The van der Waals surface area contributed by atoms with Gasteiger partial charge in [-0.3, -0.25) is 0 Å². The summed E-state index contributed by atoms with van der Waals surface area (Å²) in [5.41, 5.74) is 0. The Hall–Kier alpha value is -0.870. The predicted molar refractivity (Wildman–Crippen MR) is 78.2 cm³/mol. The molecule has 2 aliphatic rings. The normalized spacial score (nSPS) is 27.3. The highest BCUT2D eigenvalue weighted by atomic mass is 32.2. The average molecular weight is 339 g/mol. The highest BCUT2D eigenvalue weighted by Crippen LogP contribution is 2.14. The first-order valence-electron chi connectivity index (χ1n) is 6.88. The van der Waals surface area contributed by atoms with Gasteiger partial charge in [0.05, 0.1) is 17.8 Å². The van der Waals surface area contributed by atoms with Gasteiger partial charge in [-0.15, -0.1) is 0 Å². The molecule has 2 fully saturated rings. The monoisotopic (exact) mass is 339 g/mol. The number of sulfonamides is 1. The molecule has 1 atom stereocenters. The minimum absolute atomic E-state index is 0.0133. The molecule has 122 valence electrons. The van der Waals surface area contributed by atoms with Crippen molar-refractivity contribution in [2.24, 2.45) is 0 Å². The lowest BCUT2D eigenvalue weighted by Gasteiger charge is -2.34. The Balaban J connectivity index is 1.88. The molecule has 2 rings (SSSR count). The molecule has 0 radical (unpaired) electrons. The van der Waals surface area contributed by atoms with E-state index in [1.165, 1.54) is 9.21 Å². The molecule has 2 amide bonds. The molecular weight excluding hydrogens is 318 g/mol. The number of piperidine rings is 1. The summed E-state index contributed by atoms with van der Waals surface area (Å²) < 4.78 is 47.1. The van der Waals surface area contributed by atoms with Gasteiger partial charge in [0, 0.05) is 32.2 Å². The summed E-state index contributed by atoms with van der Waals surface area (Å²) in [5.74, 6) is -0.0267. The molecule has 2 saturated heterocycles. The fourth-order valence-electron chi connectivity index (χ4n) is 2.54. The van der Waals surface area contributed by atoms with E-state index in [2.05, 4.69) is 5.32 Å². The van der Waals surface area contributed by atoms with E-state index < -0.39 is 19.9 Å². The lowest BCUT2D eigenvalue weighted by Crippen LogP contribution is -2.54. The Kier molecular flexibility index (Phi) is 4.79. The summed E-state index contributed by atoms with van der Waals surface area (Å²) in [5, 5.41) is 2.80. The van der Waals surface area contributed by atoms with E-state index in [0.717, 1.165) is 12.7 Å². The quantitative estimate of drug-likeness (QED) is 0.684. The van der Waals surface area contributed by atoms with Crippen molar-refractivity contribution in [3.63, 3.8) is 0 Å². The van der Waals surface area contributed by atoms with Crippen LogP contribution in [0.2, 0.25) is 0 Å². The van der Waals surface area contributed by atoms with Crippen molar-refractivity contribution < 1.29 is 21.6 Å².